The van der Waals surface area contributed by atoms with Crippen LogP contribution in [-0.4, -0.2) is 34.5 Å². The fourth-order valence-corrected chi connectivity index (χ4v) is 2.79. The minimum Gasteiger partial charge on any atom is -0.454 e. The molecule has 0 unspecified atom stereocenters. The predicted molar refractivity (Wildman–Crippen MR) is 71.3 cm³/mol. The van der Waals surface area contributed by atoms with Gasteiger partial charge in [-0.3, -0.25) is 0 Å². The molecule has 0 saturated carbocycles. The molecule has 0 aromatic rings. The molecular formula is C15H20O4. The molecular weight excluding hydrogens is 244 g/mol. The number of fused-ring (bicyclic) bond motifs is 1. The van der Waals surface area contributed by atoms with E-state index in [1.807, 2.05) is 19.9 Å². The smallest absolute Gasteiger partial charge is 0.334 e. The van der Waals surface area contributed by atoms with Crippen LogP contribution in [0, 0.1) is 5.92 Å². The van der Waals surface area contributed by atoms with Crippen LogP contribution in [0.15, 0.2) is 35.5 Å². The second-order valence-corrected chi connectivity index (χ2v) is 5.49. The van der Waals surface area contributed by atoms with Gasteiger partial charge in [0.05, 0.1) is 18.1 Å². The van der Waals surface area contributed by atoms with Crippen LogP contribution in [-0.2, 0) is 9.53 Å². The zero-order chi connectivity index (χ0) is 14.2. The third kappa shape index (κ3) is 2.96. The summed E-state index contributed by atoms with van der Waals surface area (Å²) < 4.78 is 5.24. The SMILES string of the molecule is C=C1C(=O)O[C@@H]2/C=C(\C)C[C@@H](O)/C=C(\C)C[C@@H](O)[C@@H]12. The van der Waals surface area contributed by atoms with Gasteiger partial charge in [-0.2, -0.15) is 0 Å². The van der Waals surface area contributed by atoms with E-state index < -0.39 is 30.2 Å². The van der Waals surface area contributed by atoms with Crippen LogP contribution in [0.25, 0.3) is 0 Å². The van der Waals surface area contributed by atoms with Crippen LogP contribution in [0.5, 0.6) is 0 Å². The van der Waals surface area contributed by atoms with Crippen molar-refractivity contribution >= 4 is 5.97 Å². The van der Waals surface area contributed by atoms with Crippen LogP contribution in [0.1, 0.15) is 26.7 Å². The molecule has 19 heavy (non-hydrogen) atoms. The molecule has 2 N–H and O–H groups in total. The summed E-state index contributed by atoms with van der Waals surface area (Å²) in [5.41, 5.74) is 2.17. The molecule has 4 atom stereocenters. The summed E-state index contributed by atoms with van der Waals surface area (Å²) >= 11 is 0. The first kappa shape index (κ1) is 14.0. The van der Waals surface area contributed by atoms with Gasteiger partial charge in [0.1, 0.15) is 6.10 Å². The number of hydrogen-bond acceptors (Lipinski definition) is 4. The summed E-state index contributed by atoms with van der Waals surface area (Å²) in [7, 11) is 0. The Labute approximate surface area is 113 Å². The second kappa shape index (κ2) is 5.31. The van der Waals surface area contributed by atoms with Gasteiger partial charge >= 0.3 is 5.97 Å². The number of aliphatic hydroxyl groups excluding tert-OH is 2. The van der Waals surface area contributed by atoms with E-state index in [1.165, 1.54) is 0 Å². The summed E-state index contributed by atoms with van der Waals surface area (Å²) in [5.74, 6) is -0.847. The number of esters is 1. The fourth-order valence-electron chi connectivity index (χ4n) is 2.79. The average molecular weight is 264 g/mol. The normalized spacial score (nSPS) is 41.7. The highest BCUT2D eigenvalue weighted by Crippen LogP contribution is 2.34. The molecule has 0 bridgehead atoms. The third-order valence-electron chi connectivity index (χ3n) is 3.66. The Morgan fingerprint density at radius 2 is 1.84 bits per heavy atom. The van der Waals surface area contributed by atoms with Crippen LogP contribution in [0.2, 0.25) is 0 Å². The molecule has 0 aromatic heterocycles. The standard InChI is InChI=1S/C15H20O4/c1-8-4-11(16)5-9(2)7-13-14(12(17)6-8)10(3)15(18)19-13/h4,7,11-14,16-17H,3,5-6H2,1-2H3/b8-4+,9-7+/t11-,12+,13+,14+/m0/s1. The van der Waals surface area contributed by atoms with Crippen molar-refractivity contribution in [2.75, 3.05) is 0 Å². The number of ether oxygens (including phenoxy) is 1. The van der Waals surface area contributed by atoms with Crippen molar-refractivity contribution in [3.63, 3.8) is 0 Å². The maximum Gasteiger partial charge on any atom is 0.334 e. The Kier molecular flexibility index (Phi) is 3.92. The topological polar surface area (TPSA) is 66.8 Å². The molecule has 4 heteroatoms. The molecule has 0 radical (unpaired) electrons. The number of hydrogen-bond donors (Lipinski definition) is 2. The molecule has 4 nitrogen and oxygen atoms in total. The Balaban J connectivity index is 2.36. The minimum absolute atomic E-state index is 0.329. The summed E-state index contributed by atoms with van der Waals surface area (Å²) in [6.45, 7) is 7.47. The molecule has 2 rings (SSSR count). The molecule has 1 saturated heterocycles. The molecule has 1 fully saturated rings. The van der Waals surface area contributed by atoms with E-state index in [0.717, 1.165) is 11.1 Å². The summed E-state index contributed by atoms with van der Waals surface area (Å²) in [5, 5.41) is 20.2. The van der Waals surface area contributed by atoms with Gasteiger partial charge in [0, 0.05) is 5.57 Å². The van der Waals surface area contributed by atoms with E-state index in [2.05, 4.69) is 6.58 Å². The average Bonchev–Trinajstić information content (AvgIpc) is 2.52. The van der Waals surface area contributed by atoms with Gasteiger partial charge in [-0.15, -0.1) is 0 Å². The Hall–Kier alpha value is -1.39. The van der Waals surface area contributed by atoms with Gasteiger partial charge in [0.2, 0.25) is 0 Å². The van der Waals surface area contributed by atoms with Crippen molar-refractivity contribution < 1.29 is 19.7 Å². The number of carbonyl (C=O) groups is 1. The van der Waals surface area contributed by atoms with E-state index >= 15 is 0 Å². The quantitative estimate of drug-likeness (QED) is 0.395. The molecule has 0 amide bonds. The summed E-state index contributed by atoms with van der Waals surface area (Å²) in [6, 6.07) is 0. The first-order valence-corrected chi connectivity index (χ1v) is 6.49. The molecule has 0 spiro atoms. The lowest BCUT2D eigenvalue weighted by molar-refractivity contribution is -0.137. The summed E-state index contributed by atoms with van der Waals surface area (Å²) in [6.07, 6.45) is 2.69. The highest BCUT2D eigenvalue weighted by molar-refractivity contribution is 5.91. The van der Waals surface area contributed by atoms with E-state index in [1.54, 1.807) is 6.08 Å². The Bertz CT molecular complexity index is 461. The Morgan fingerprint density at radius 1 is 1.21 bits per heavy atom. The monoisotopic (exact) mass is 264 g/mol. The first-order chi connectivity index (χ1) is 8.88. The van der Waals surface area contributed by atoms with E-state index in [9.17, 15) is 15.0 Å². The van der Waals surface area contributed by atoms with Crippen molar-refractivity contribution in [2.24, 2.45) is 5.92 Å². The van der Waals surface area contributed by atoms with Gasteiger partial charge in [0.25, 0.3) is 0 Å². The summed E-state index contributed by atoms with van der Waals surface area (Å²) in [4.78, 5) is 11.6. The van der Waals surface area contributed by atoms with Crippen LogP contribution >= 0.6 is 0 Å². The van der Waals surface area contributed by atoms with Gasteiger partial charge in [-0.05, 0) is 32.8 Å². The predicted octanol–water partition coefficient (Wildman–Crippen LogP) is 1.49. The molecule has 2 aliphatic rings. The third-order valence-corrected chi connectivity index (χ3v) is 3.66. The zero-order valence-electron chi connectivity index (χ0n) is 11.3. The first-order valence-electron chi connectivity index (χ1n) is 6.49. The van der Waals surface area contributed by atoms with Crippen molar-refractivity contribution in [3.8, 4) is 0 Å². The fraction of sp³-hybridized carbons (Fsp3) is 0.533. The van der Waals surface area contributed by atoms with Gasteiger partial charge in [0.15, 0.2) is 0 Å². The number of carbonyl (C=O) groups excluding carboxylic acids is 1. The van der Waals surface area contributed by atoms with Crippen LogP contribution in [0.3, 0.4) is 0 Å². The molecule has 1 aliphatic heterocycles. The minimum atomic E-state index is -0.727. The lowest BCUT2D eigenvalue weighted by Gasteiger charge is -2.23. The van der Waals surface area contributed by atoms with Gasteiger partial charge in [-0.1, -0.05) is 23.8 Å². The molecule has 1 aliphatic carbocycles. The maximum atomic E-state index is 11.6. The zero-order valence-corrected chi connectivity index (χ0v) is 11.3. The second-order valence-electron chi connectivity index (χ2n) is 5.49. The van der Waals surface area contributed by atoms with Crippen molar-refractivity contribution in [3.05, 3.63) is 35.5 Å². The molecule has 1 heterocycles. The van der Waals surface area contributed by atoms with Crippen LogP contribution in [0.4, 0.5) is 0 Å². The van der Waals surface area contributed by atoms with E-state index in [-0.39, 0.29) is 0 Å². The maximum absolute atomic E-state index is 11.6. The highest BCUT2D eigenvalue weighted by Gasteiger charge is 2.42. The number of rotatable bonds is 0. The Morgan fingerprint density at radius 3 is 2.53 bits per heavy atom. The number of aliphatic hydroxyl groups is 2. The van der Waals surface area contributed by atoms with Crippen molar-refractivity contribution in [2.45, 2.75) is 45.0 Å². The van der Waals surface area contributed by atoms with E-state index in [4.69, 9.17) is 4.74 Å². The van der Waals surface area contributed by atoms with Crippen molar-refractivity contribution in [1.29, 1.82) is 0 Å². The van der Waals surface area contributed by atoms with Gasteiger partial charge < -0.3 is 14.9 Å². The van der Waals surface area contributed by atoms with Crippen LogP contribution < -0.4 is 0 Å². The lowest BCUT2D eigenvalue weighted by Crippen LogP contribution is -2.29. The van der Waals surface area contributed by atoms with Crippen molar-refractivity contribution in [1.82, 2.24) is 0 Å². The molecule has 104 valence electrons. The van der Waals surface area contributed by atoms with Gasteiger partial charge in [-0.25, -0.2) is 4.79 Å². The lowest BCUT2D eigenvalue weighted by atomic mass is 9.85. The molecule has 0 aromatic carbocycles. The van der Waals surface area contributed by atoms with E-state index in [0.29, 0.717) is 18.4 Å². The largest absolute Gasteiger partial charge is 0.454 e. The highest BCUT2D eigenvalue weighted by atomic mass is 16.6.